The van der Waals surface area contributed by atoms with Crippen LogP contribution in [0, 0.1) is 17.0 Å². The van der Waals surface area contributed by atoms with Crippen LogP contribution in [0.5, 0.6) is 0 Å². The van der Waals surface area contributed by atoms with Crippen LogP contribution in [0.25, 0.3) is 0 Å². The summed E-state index contributed by atoms with van der Waals surface area (Å²) in [6.45, 7) is 7.19. The van der Waals surface area contributed by atoms with E-state index < -0.39 is 29.6 Å². The molecular formula is C21H23F2NO4. The number of hydrogen-bond donors (Lipinski definition) is 1. The van der Waals surface area contributed by atoms with Crippen LogP contribution in [-0.4, -0.2) is 17.9 Å². The quantitative estimate of drug-likeness (QED) is 0.792. The molecular weight excluding hydrogens is 368 g/mol. The molecule has 0 bridgehead atoms. The van der Waals surface area contributed by atoms with E-state index in [1.807, 2.05) is 13.8 Å². The Morgan fingerprint density at radius 3 is 2.54 bits per heavy atom. The maximum Gasteiger partial charge on any atom is 0.340 e. The van der Waals surface area contributed by atoms with E-state index in [0.717, 1.165) is 12.1 Å². The van der Waals surface area contributed by atoms with Crippen molar-refractivity contribution in [1.29, 1.82) is 0 Å². The summed E-state index contributed by atoms with van der Waals surface area (Å²) in [5, 5.41) is 0. The van der Waals surface area contributed by atoms with E-state index in [-0.39, 0.29) is 40.2 Å². The van der Waals surface area contributed by atoms with Gasteiger partial charge in [0.1, 0.15) is 11.3 Å². The van der Waals surface area contributed by atoms with Crippen molar-refractivity contribution in [2.24, 2.45) is 11.1 Å². The van der Waals surface area contributed by atoms with Gasteiger partial charge in [0.25, 0.3) is 0 Å². The lowest BCUT2D eigenvalue weighted by Crippen LogP contribution is -2.36. The molecule has 0 saturated heterocycles. The Morgan fingerprint density at radius 1 is 1.25 bits per heavy atom. The molecule has 0 saturated carbocycles. The van der Waals surface area contributed by atoms with E-state index in [9.17, 15) is 18.4 Å². The van der Waals surface area contributed by atoms with Crippen LogP contribution >= 0.6 is 0 Å². The van der Waals surface area contributed by atoms with E-state index in [1.165, 1.54) is 6.07 Å². The van der Waals surface area contributed by atoms with Crippen LogP contribution in [0.4, 0.5) is 8.78 Å². The number of halogens is 2. The minimum atomic E-state index is -1.08. The van der Waals surface area contributed by atoms with E-state index in [0.29, 0.717) is 12.2 Å². The molecule has 3 rings (SSSR count). The molecule has 2 aliphatic rings. The van der Waals surface area contributed by atoms with Crippen LogP contribution in [-0.2, 0) is 19.1 Å². The van der Waals surface area contributed by atoms with E-state index in [4.69, 9.17) is 15.2 Å². The number of hydrogen-bond acceptors (Lipinski definition) is 5. The molecule has 1 aliphatic heterocycles. The number of ketones is 1. The maximum absolute atomic E-state index is 13.9. The van der Waals surface area contributed by atoms with Crippen molar-refractivity contribution in [3.05, 3.63) is 58.2 Å². The molecule has 1 heterocycles. The molecule has 0 radical (unpaired) electrons. The molecule has 1 aromatic rings. The average molecular weight is 391 g/mol. The minimum Gasteiger partial charge on any atom is -0.459 e. The first kappa shape index (κ1) is 20.0. The predicted octanol–water partition coefficient (Wildman–Crippen LogP) is 3.84. The Kier molecular flexibility index (Phi) is 5.04. The van der Waals surface area contributed by atoms with Gasteiger partial charge in [-0.1, -0.05) is 19.9 Å². The SMILES string of the molecule is CC(C)OC(=O)C1=C(N)OC2=C(C(=O)CC(C)(C)C2)[C@H]1c1ccc(F)c(F)c1. The molecule has 0 amide bonds. The van der Waals surface area contributed by atoms with Crippen molar-refractivity contribution >= 4 is 11.8 Å². The molecule has 150 valence electrons. The molecule has 2 N–H and O–H groups in total. The van der Waals surface area contributed by atoms with Gasteiger partial charge < -0.3 is 15.2 Å². The standard InChI is InChI=1S/C21H23F2NO4/c1-10(2)27-20(26)18-16(11-5-6-12(22)13(23)7-11)17-14(25)8-21(3,4)9-15(17)28-19(18)24/h5-7,10,16H,8-9,24H2,1-4H3/t16-/m1/s1. The van der Waals surface area contributed by atoms with Crippen molar-refractivity contribution in [3.8, 4) is 0 Å². The van der Waals surface area contributed by atoms with Crippen molar-refractivity contribution < 1.29 is 27.8 Å². The van der Waals surface area contributed by atoms with Crippen LogP contribution < -0.4 is 5.73 Å². The lowest BCUT2D eigenvalue weighted by atomic mass is 9.70. The topological polar surface area (TPSA) is 78.6 Å². The highest BCUT2D eigenvalue weighted by Gasteiger charge is 2.45. The second-order valence-electron chi connectivity index (χ2n) is 8.22. The third-order valence-corrected chi connectivity index (χ3v) is 4.79. The van der Waals surface area contributed by atoms with E-state index in [1.54, 1.807) is 13.8 Å². The lowest BCUT2D eigenvalue weighted by molar-refractivity contribution is -0.143. The molecule has 1 atom stereocenters. The first-order valence-electron chi connectivity index (χ1n) is 9.10. The number of carbonyl (C=O) groups excluding carboxylic acids is 2. The minimum absolute atomic E-state index is 0.0773. The number of Topliss-reactive ketones (excluding diaryl/α,β-unsaturated/α-hetero) is 1. The van der Waals surface area contributed by atoms with Crippen molar-refractivity contribution in [2.75, 3.05) is 0 Å². The molecule has 1 aliphatic carbocycles. The van der Waals surface area contributed by atoms with Gasteiger partial charge in [0.2, 0.25) is 5.88 Å². The Morgan fingerprint density at radius 2 is 1.93 bits per heavy atom. The van der Waals surface area contributed by atoms with Gasteiger partial charge in [-0.3, -0.25) is 4.79 Å². The lowest BCUT2D eigenvalue weighted by Gasteiger charge is -2.38. The van der Waals surface area contributed by atoms with E-state index >= 15 is 0 Å². The van der Waals surface area contributed by atoms with Gasteiger partial charge in [0.05, 0.1) is 12.0 Å². The maximum atomic E-state index is 13.9. The Hall–Kier alpha value is -2.70. The number of nitrogens with two attached hydrogens (primary N) is 1. The van der Waals surface area contributed by atoms with E-state index in [2.05, 4.69) is 0 Å². The summed E-state index contributed by atoms with van der Waals surface area (Å²) in [7, 11) is 0. The predicted molar refractivity (Wildman–Crippen MR) is 97.7 cm³/mol. The monoisotopic (exact) mass is 391 g/mol. The van der Waals surface area contributed by atoms with Gasteiger partial charge in [0, 0.05) is 18.4 Å². The number of rotatable bonds is 3. The fourth-order valence-corrected chi connectivity index (χ4v) is 3.69. The Balaban J connectivity index is 2.19. The van der Waals surface area contributed by atoms with Gasteiger partial charge in [-0.2, -0.15) is 0 Å². The molecule has 28 heavy (non-hydrogen) atoms. The van der Waals surface area contributed by atoms with Crippen LogP contribution in [0.1, 0.15) is 52.0 Å². The van der Waals surface area contributed by atoms with Crippen LogP contribution in [0.15, 0.2) is 41.0 Å². The Bertz CT molecular complexity index is 915. The molecule has 5 nitrogen and oxygen atoms in total. The highest BCUT2D eigenvalue weighted by Crippen LogP contribution is 2.48. The zero-order valence-electron chi connectivity index (χ0n) is 16.3. The van der Waals surface area contributed by atoms with Crippen molar-refractivity contribution in [3.63, 3.8) is 0 Å². The second-order valence-corrected chi connectivity index (χ2v) is 8.22. The molecule has 0 spiro atoms. The molecule has 7 heteroatoms. The number of ether oxygens (including phenoxy) is 2. The zero-order chi connectivity index (χ0) is 20.8. The van der Waals surface area contributed by atoms with Gasteiger partial charge in [-0.25, -0.2) is 13.6 Å². The van der Waals surface area contributed by atoms with Gasteiger partial charge in [-0.15, -0.1) is 0 Å². The van der Waals surface area contributed by atoms with Gasteiger partial charge in [-0.05, 0) is 37.0 Å². The first-order chi connectivity index (χ1) is 13.0. The number of carbonyl (C=O) groups is 2. The smallest absolute Gasteiger partial charge is 0.340 e. The normalized spacial score (nSPS) is 21.5. The molecule has 0 aromatic heterocycles. The molecule has 0 unspecified atom stereocenters. The van der Waals surface area contributed by atoms with Gasteiger partial charge >= 0.3 is 5.97 Å². The molecule has 1 aromatic carbocycles. The average Bonchev–Trinajstić information content (AvgIpc) is 2.54. The number of esters is 1. The summed E-state index contributed by atoms with van der Waals surface area (Å²) in [6.07, 6.45) is 0.234. The second kappa shape index (κ2) is 7.04. The fourth-order valence-electron chi connectivity index (χ4n) is 3.69. The third kappa shape index (κ3) is 3.66. The summed E-state index contributed by atoms with van der Waals surface area (Å²) in [5.74, 6) is -3.89. The van der Waals surface area contributed by atoms with Crippen LogP contribution in [0.2, 0.25) is 0 Å². The summed E-state index contributed by atoms with van der Waals surface area (Å²) >= 11 is 0. The number of allylic oxidation sites excluding steroid dienone is 2. The van der Waals surface area contributed by atoms with Gasteiger partial charge in [0.15, 0.2) is 17.4 Å². The zero-order valence-corrected chi connectivity index (χ0v) is 16.3. The highest BCUT2D eigenvalue weighted by molar-refractivity contribution is 6.03. The Labute approximate surface area is 162 Å². The van der Waals surface area contributed by atoms with Crippen molar-refractivity contribution in [1.82, 2.24) is 0 Å². The molecule has 0 fully saturated rings. The third-order valence-electron chi connectivity index (χ3n) is 4.79. The number of benzene rings is 1. The first-order valence-corrected chi connectivity index (χ1v) is 9.10. The summed E-state index contributed by atoms with van der Waals surface area (Å²) in [6, 6.07) is 3.26. The summed E-state index contributed by atoms with van der Waals surface area (Å²) in [4.78, 5) is 25.7. The fraction of sp³-hybridized carbons (Fsp3) is 0.429. The summed E-state index contributed by atoms with van der Waals surface area (Å²) in [5.41, 5.74) is 6.10. The largest absolute Gasteiger partial charge is 0.459 e. The van der Waals surface area contributed by atoms with Crippen LogP contribution in [0.3, 0.4) is 0 Å². The highest BCUT2D eigenvalue weighted by atomic mass is 19.2. The summed E-state index contributed by atoms with van der Waals surface area (Å²) < 4.78 is 38.3. The van der Waals surface area contributed by atoms with Crippen molar-refractivity contribution in [2.45, 2.75) is 52.6 Å².